The van der Waals surface area contributed by atoms with Crippen molar-refractivity contribution in [3.05, 3.63) is 69.2 Å². The van der Waals surface area contributed by atoms with Crippen LogP contribution in [0, 0.1) is 0 Å². The second-order valence-corrected chi connectivity index (χ2v) is 8.62. The van der Waals surface area contributed by atoms with E-state index in [0.29, 0.717) is 0 Å². The number of carbonyl (C=O) groups excluding carboxylic acids is 1. The molecule has 0 saturated carbocycles. The Morgan fingerprint density at radius 1 is 1.13 bits per heavy atom. The topological polar surface area (TPSA) is 32.3 Å². The first kappa shape index (κ1) is 22.9. The van der Waals surface area contributed by atoms with Crippen molar-refractivity contribution in [1.82, 2.24) is 10.2 Å². The minimum Gasteiger partial charge on any atom is -0.343 e. The molecular weight excluding hydrogens is 436 g/mol. The summed E-state index contributed by atoms with van der Waals surface area (Å²) in [5.41, 5.74) is -1.01. The summed E-state index contributed by atoms with van der Waals surface area (Å²) < 4.78 is 39.9. The van der Waals surface area contributed by atoms with Gasteiger partial charge in [-0.2, -0.15) is 13.2 Å². The van der Waals surface area contributed by atoms with E-state index in [4.69, 9.17) is 23.2 Å². The Morgan fingerprint density at radius 2 is 1.80 bits per heavy atom. The molecule has 2 aromatic rings. The number of nitrogens with one attached hydrogen (secondary N) is 1. The number of nitrogens with zero attached hydrogens (tertiary/aromatic N) is 1. The van der Waals surface area contributed by atoms with E-state index in [9.17, 15) is 18.0 Å². The number of carbonyl (C=O) groups is 1. The molecule has 3 nitrogen and oxygen atoms in total. The molecule has 2 unspecified atom stereocenters. The molecule has 162 valence electrons. The SMILES string of the molecule is CN1CCCCC1(C)C(NC(=O)c1c(Cl)ccc(C(F)(F)F)c1Cl)c1ccccc1. The van der Waals surface area contributed by atoms with Gasteiger partial charge in [0.2, 0.25) is 0 Å². The van der Waals surface area contributed by atoms with Gasteiger partial charge in [-0.15, -0.1) is 0 Å². The number of hydrogen-bond donors (Lipinski definition) is 1. The maximum atomic E-state index is 13.3. The van der Waals surface area contributed by atoms with Crippen LogP contribution in [0.15, 0.2) is 42.5 Å². The van der Waals surface area contributed by atoms with Gasteiger partial charge in [0.15, 0.2) is 0 Å². The van der Waals surface area contributed by atoms with Crippen molar-refractivity contribution in [3.8, 4) is 0 Å². The number of hydrogen-bond acceptors (Lipinski definition) is 2. The maximum absolute atomic E-state index is 13.3. The molecule has 8 heteroatoms. The predicted octanol–water partition coefficient (Wildman–Crippen LogP) is 6.36. The predicted molar refractivity (Wildman–Crippen MR) is 113 cm³/mol. The minimum atomic E-state index is -4.69. The first-order valence-electron chi connectivity index (χ1n) is 9.68. The summed E-state index contributed by atoms with van der Waals surface area (Å²) in [5.74, 6) is -0.731. The molecule has 30 heavy (non-hydrogen) atoms. The number of benzene rings is 2. The van der Waals surface area contributed by atoms with Crippen LogP contribution in [0.1, 0.15) is 53.7 Å². The molecule has 0 spiro atoms. The average molecular weight is 459 g/mol. The average Bonchev–Trinajstić information content (AvgIpc) is 2.68. The van der Waals surface area contributed by atoms with Gasteiger partial charge >= 0.3 is 6.18 Å². The highest BCUT2D eigenvalue weighted by molar-refractivity contribution is 6.40. The second kappa shape index (κ2) is 8.77. The van der Waals surface area contributed by atoms with Gasteiger partial charge in [0, 0.05) is 5.54 Å². The number of amides is 1. The lowest BCUT2D eigenvalue weighted by atomic mass is 9.79. The van der Waals surface area contributed by atoms with Crippen LogP contribution in [-0.4, -0.2) is 29.9 Å². The third-order valence-electron chi connectivity index (χ3n) is 5.95. The van der Waals surface area contributed by atoms with E-state index < -0.39 is 34.3 Å². The number of piperidine rings is 1. The van der Waals surface area contributed by atoms with E-state index in [1.54, 1.807) is 0 Å². The molecule has 0 aliphatic carbocycles. The molecule has 2 atom stereocenters. The zero-order chi connectivity index (χ0) is 22.1. The normalized spacial score (nSPS) is 21.3. The molecule has 0 aromatic heterocycles. The maximum Gasteiger partial charge on any atom is 0.417 e. The van der Waals surface area contributed by atoms with Crippen molar-refractivity contribution in [2.45, 2.75) is 43.9 Å². The number of likely N-dealkylation sites (tertiary alicyclic amines) is 1. The molecule has 1 heterocycles. The first-order chi connectivity index (χ1) is 14.1. The van der Waals surface area contributed by atoms with Crippen molar-refractivity contribution in [2.75, 3.05) is 13.6 Å². The van der Waals surface area contributed by atoms with Crippen molar-refractivity contribution in [1.29, 1.82) is 0 Å². The summed E-state index contributed by atoms with van der Waals surface area (Å²) in [6.45, 7) is 2.92. The minimum absolute atomic E-state index is 0.125. The Balaban J connectivity index is 2.03. The molecule has 2 aromatic carbocycles. The Hall–Kier alpha value is -1.76. The van der Waals surface area contributed by atoms with Gasteiger partial charge in [-0.25, -0.2) is 0 Å². The zero-order valence-corrected chi connectivity index (χ0v) is 18.2. The highest BCUT2D eigenvalue weighted by atomic mass is 35.5. The van der Waals surface area contributed by atoms with Gasteiger partial charge in [-0.1, -0.05) is 60.0 Å². The van der Waals surface area contributed by atoms with Crippen LogP contribution < -0.4 is 5.32 Å². The lowest BCUT2D eigenvalue weighted by molar-refractivity contribution is -0.137. The molecule has 0 radical (unpaired) electrons. The van der Waals surface area contributed by atoms with Gasteiger partial charge in [-0.05, 0) is 51.1 Å². The van der Waals surface area contributed by atoms with Gasteiger partial charge in [-0.3, -0.25) is 9.69 Å². The Kier molecular flexibility index (Phi) is 6.70. The summed E-state index contributed by atoms with van der Waals surface area (Å²) in [4.78, 5) is 15.4. The van der Waals surface area contributed by atoms with Crippen molar-refractivity contribution >= 4 is 29.1 Å². The second-order valence-electron chi connectivity index (χ2n) is 7.83. The summed E-state index contributed by atoms with van der Waals surface area (Å²) >= 11 is 12.1. The molecule has 0 bridgehead atoms. The van der Waals surface area contributed by atoms with Gasteiger partial charge in [0.05, 0.1) is 27.2 Å². The van der Waals surface area contributed by atoms with E-state index in [2.05, 4.69) is 17.1 Å². The molecule has 1 aliphatic heterocycles. The van der Waals surface area contributed by atoms with E-state index in [1.165, 1.54) is 0 Å². The largest absolute Gasteiger partial charge is 0.417 e. The fourth-order valence-electron chi connectivity index (χ4n) is 4.07. The van der Waals surface area contributed by atoms with Gasteiger partial charge < -0.3 is 5.32 Å². The Morgan fingerprint density at radius 3 is 2.40 bits per heavy atom. The van der Waals surface area contributed by atoms with Crippen molar-refractivity contribution < 1.29 is 18.0 Å². The number of halogens is 5. The lowest BCUT2D eigenvalue weighted by Gasteiger charge is -2.48. The van der Waals surface area contributed by atoms with Crippen LogP contribution in [-0.2, 0) is 6.18 Å². The van der Waals surface area contributed by atoms with E-state index >= 15 is 0 Å². The smallest absolute Gasteiger partial charge is 0.343 e. The molecule has 1 aliphatic rings. The Bertz CT molecular complexity index is 921. The molecule has 1 N–H and O–H groups in total. The monoisotopic (exact) mass is 458 g/mol. The fraction of sp³-hybridized carbons (Fsp3) is 0.409. The number of likely N-dealkylation sites (N-methyl/N-ethyl adjacent to an activating group) is 1. The van der Waals surface area contributed by atoms with Gasteiger partial charge in [0.25, 0.3) is 5.91 Å². The van der Waals surface area contributed by atoms with Crippen LogP contribution in [0.5, 0.6) is 0 Å². The van der Waals surface area contributed by atoms with Crippen LogP contribution in [0.25, 0.3) is 0 Å². The molecule has 1 saturated heterocycles. The summed E-state index contributed by atoms with van der Waals surface area (Å²) in [6.07, 6.45) is -1.82. The third-order valence-corrected chi connectivity index (χ3v) is 6.66. The van der Waals surface area contributed by atoms with Crippen LogP contribution in [0.3, 0.4) is 0 Å². The molecule has 3 rings (SSSR count). The molecular formula is C22H23Cl2F3N2O. The third kappa shape index (κ3) is 4.46. The van der Waals surface area contributed by atoms with E-state index in [-0.39, 0.29) is 10.6 Å². The summed E-state index contributed by atoms with van der Waals surface area (Å²) in [6, 6.07) is 10.8. The van der Waals surface area contributed by atoms with Crippen LogP contribution in [0.4, 0.5) is 13.2 Å². The first-order valence-corrected chi connectivity index (χ1v) is 10.4. The van der Waals surface area contributed by atoms with Crippen molar-refractivity contribution in [3.63, 3.8) is 0 Å². The zero-order valence-electron chi connectivity index (χ0n) is 16.7. The highest BCUT2D eigenvalue weighted by Gasteiger charge is 2.42. The van der Waals surface area contributed by atoms with Crippen LogP contribution >= 0.6 is 23.2 Å². The summed E-state index contributed by atoms with van der Waals surface area (Å²) in [5, 5.41) is 2.12. The highest BCUT2D eigenvalue weighted by Crippen LogP contribution is 2.41. The van der Waals surface area contributed by atoms with E-state index in [0.717, 1.165) is 43.5 Å². The fourth-order valence-corrected chi connectivity index (χ4v) is 4.72. The standard InChI is InChI=1S/C22H23Cl2F3N2O/c1-21(12-6-7-13-29(21)2)19(14-8-4-3-5-9-14)28-20(30)17-16(23)11-10-15(18(17)24)22(25,26)27/h3-5,8-11,19H,6-7,12-13H2,1-2H3,(H,28,30). The number of alkyl halides is 3. The Labute approximate surface area is 184 Å². The quantitative estimate of drug-likeness (QED) is 0.577. The van der Waals surface area contributed by atoms with Crippen molar-refractivity contribution in [2.24, 2.45) is 0 Å². The van der Waals surface area contributed by atoms with Gasteiger partial charge in [0.1, 0.15) is 0 Å². The van der Waals surface area contributed by atoms with E-state index in [1.807, 2.05) is 37.4 Å². The molecule has 1 fully saturated rings. The molecule has 1 amide bonds. The lowest BCUT2D eigenvalue weighted by Crippen LogP contribution is -2.56. The van der Waals surface area contributed by atoms with Crippen LogP contribution in [0.2, 0.25) is 10.0 Å². The number of rotatable bonds is 4. The summed E-state index contributed by atoms with van der Waals surface area (Å²) in [7, 11) is 1.99.